The number of aromatic amines is 1. The number of para-hydroxylation sites is 2. The first-order valence-corrected chi connectivity index (χ1v) is 8.85. The lowest BCUT2D eigenvalue weighted by Gasteiger charge is -2.03. The third-order valence-electron chi connectivity index (χ3n) is 4.47. The molecule has 0 unspecified atom stereocenters. The van der Waals surface area contributed by atoms with E-state index >= 15 is 0 Å². The number of benzene rings is 1. The summed E-state index contributed by atoms with van der Waals surface area (Å²) >= 11 is 1.77. The number of thiophene rings is 1. The fraction of sp³-hybridized carbons (Fsp3) is 0.333. The van der Waals surface area contributed by atoms with Crippen molar-refractivity contribution in [3.8, 4) is 0 Å². The van der Waals surface area contributed by atoms with E-state index in [2.05, 4.69) is 33.7 Å². The van der Waals surface area contributed by atoms with E-state index in [-0.39, 0.29) is 11.8 Å². The molecule has 2 aromatic heterocycles. The third-order valence-corrected chi connectivity index (χ3v) is 5.62. The maximum atomic E-state index is 12.2. The lowest BCUT2D eigenvalue weighted by Crippen LogP contribution is -2.27. The van der Waals surface area contributed by atoms with Crippen molar-refractivity contribution in [2.24, 2.45) is 5.92 Å². The van der Waals surface area contributed by atoms with Crippen LogP contribution in [0.1, 0.15) is 28.6 Å². The fourth-order valence-electron chi connectivity index (χ4n) is 3.10. The molecule has 1 aromatic carbocycles. The van der Waals surface area contributed by atoms with Crippen molar-refractivity contribution in [2.75, 3.05) is 6.54 Å². The van der Waals surface area contributed by atoms with Crippen molar-refractivity contribution in [2.45, 2.75) is 25.7 Å². The van der Waals surface area contributed by atoms with Gasteiger partial charge in [0.2, 0.25) is 5.91 Å². The highest BCUT2D eigenvalue weighted by atomic mass is 32.1. The Kier molecular flexibility index (Phi) is 3.65. The summed E-state index contributed by atoms with van der Waals surface area (Å²) in [6.07, 6.45) is 1.72. The van der Waals surface area contributed by atoms with Gasteiger partial charge in [-0.25, -0.2) is 4.98 Å². The Labute approximate surface area is 138 Å². The van der Waals surface area contributed by atoms with Crippen molar-refractivity contribution in [1.82, 2.24) is 15.3 Å². The molecular weight excluding hydrogens is 306 g/mol. The largest absolute Gasteiger partial charge is 0.355 e. The topological polar surface area (TPSA) is 57.8 Å². The van der Waals surface area contributed by atoms with E-state index in [1.165, 1.54) is 10.4 Å². The number of nitrogens with one attached hydrogen (secondary N) is 2. The Morgan fingerprint density at radius 3 is 3.04 bits per heavy atom. The zero-order chi connectivity index (χ0) is 15.8. The summed E-state index contributed by atoms with van der Waals surface area (Å²) in [5.74, 6) is 1.69. The zero-order valence-electron chi connectivity index (χ0n) is 13.0. The summed E-state index contributed by atoms with van der Waals surface area (Å²) in [6.45, 7) is 2.76. The number of amides is 1. The van der Waals surface area contributed by atoms with E-state index in [0.717, 1.165) is 29.7 Å². The second-order valence-electron chi connectivity index (χ2n) is 6.16. The monoisotopic (exact) mass is 325 g/mol. The average molecular weight is 325 g/mol. The molecule has 2 heterocycles. The number of rotatable bonds is 5. The highest BCUT2D eigenvalue weighted by Gasteiger charge is 2.45. The molecule has 0 saturated heterocycles. The molecule has 4 rings (SSSR count). The number of fused-ring (bicyclic) bond motifs is 1. The second-order valence-corrected chi connectivity index (χ2v) is 7.11. The summed E-state index contributed by atoms with van der Waals surface area (Å²) in [4.78, 5) is 21.4. The third kappa shape index (κ3) is 2.88. The van der Waals surface area contributed by atoms with Crippen LogP contribution in [-0.4, -0.2) is 22.4 Å². The van der Waals surface area contributed by atoms with Crippen molar-refractivity contribution >= 4 is 28.3 Å². The molecule has 1 amide bonds. The van der Waals surface area contributed by atoms with E-state index < -0.39 is 0 Å². The molecule has 1 aliphatic rings. The van der Waals surface area contributed by atoms with Gasteiger partial charge in [0.05, 0.1) is 11.0 Å². The molecule has 0 aliphatic heterocycles. The van der Waals surface area contributed by atoms with Crippen LogP contribution in [0.15, 0.2) is 35.7 Å². The molecule has 1 aliphatic carbocycles. The van der Waals surface area contributed by atoms with Crippen molar-refractivity contribution < 1.29 is 4.79 Å². The van der Waals surface area contributed by atoms with Gasteiger partial charge in [0.15, 0.2) is 0 Å². The number of carbonyl (C=O) groups is 1. The number of hydrogen-bond donors (Lipinski definition) is 2. The Hall–Kier alpha value is -2.14. The van der Waals surface area contributed by atoms with Gasteiger partial charge in [0.1, 0.15) is 5.82 Å². The van der Waals surface area contributed by atoms with Gasteiger partial charge in [-0.1, -0.05) is 12.1 Å². The minimum absolute atomic E-state index is 0.156. The van der Waals surface area contributed by atoms with Crippen LogP contribution in [0.5, 0.6) is 0 Å². The van der Waals surface area contributed by atoms with E-state index in [0.29, 0.717) is 12.5 Å². The summed E-state index contributed by atoms with van der Waals surface area (Å²) < 4.78 is 0. The van der Waals surface area contributed by atoms with Crippen molar-refractivity contribution in [3.05, 3.63) is 52.0 Å². The van der Waals surface area contributed by atoms with E-state index in [1.54, 1.807) is 11.3 Å². The van der Waals surface area contributed by atoms with Crippen LogP contribution < -0.4 is 5.32 Å². The van der Waals surface area contributed by atoms with Gasteiger partial charge >= 0.3 is 0 Å². The van der Waals surface area contributed by atoms with Crippen LogP contribution in [-0.2, 0) is 11.2 Å². The molecule has 23 heavy (non-hydrogen) atoms. The first kappa shape index (κ1) is 14.5. The molecule has 118 valence electrons. The Bertz CT molecular complexity index is 818. The molecule has 1 saturated carbocycles. The number of nitrogens with zero attached hydrogens (tertiary/aromatic N) is 1. The van der Waals surface area contributed by atoms with Gasteiger partial charge in [-0.3, -0.25) is 4.79 Å². The summed E-state index contributed by atoms with van der Waals surface area (Å²) in [5.41, 5.74) is 3.34. The molecular formula is C18H19N3OS. The molecule has 2 atom stereocenters. The maximum absolute atomic E-state index is 12.2. The Morgan fingerprint density at radius 1 is 1.39 bits per heavy atom. The zero-order valence-corrected chi connectivity index (χ0v) is 13.8. The predicted octanol–water partition coefficient (Wildman–Crippen LogP) is 3.40. The average Bonchev–Trinajstić information content (AvgIpc) is 3.04. The number of aromatic nitrogens is 2. The molecule has 0 spiro atoms. The highest BCUT2D eigenvalue weighted by Crippen LogP contribution is 2.50. The summed E-state index contributed by atoms with van der Waals surface area (Å²) in [7, 11) is 0. The number of imidazole rings is 1. The minimum atomic E-state index is 0.156. The molecule has 0 bridgehead atoms. The van der Waals surface area contributed by atoms with Crippen LogP contribution in [0.25, 0.3) is 11.0 Å². The normalized spacial score (nSPS) is 19.9. The Morgan fingerprint density at radius 2 is 2.26 bits per heavy atom. The Balaban J connectivity index is 1.30. The van der Waals surface area contributed by atoms with Crippen LogP contribution in [0.4, 0.5) is 0 Å². The molecule has 3 aromatic rings. The summed E-state index contributed by atoms with van der Waals surface area (Å²) in [5, 5.41) is 5.17. The molecule has 1 fully saturated rings. The van der Waals surface area contributed by atoms with Crippen LogP contribution >= 0.6 is 11.3 Å². The first-order valence-electron chi connectivity index (χ1n) is 7.97. The molecule has 0 radical (unpaired) electrons. The predicted molar refractivity (Wildman–Crippen MR) is 92.7 cm³/mol. The SMILES string of the molecule is Cc1ccsc1[C@@H]1C[C@@H]1C(=O)NCCc1nc2ccccc2[nH]1. The second kappa shape index (κ2) is 5.81. The molecule has 4 nitrogen and oxygen atoms in total. The minimum Gasteiger partial charge on any atom is -0.355 e. The van der Waals surface area contributed by atoms with Gasteiger partial charge in [-0.2, -0.15) is 0 Å². The molecule has 5 heteroatoms. The van der Waals surface area contributed by atoms with Crippen molar-refractivity contribution in [1.29, 1.82) is 0 Å². The quantitative estimate of drug-likeness (QED) is 0.755. The van der Waals surface area contributed by atoms with E-state index in [9.17, 15) is 4.79 Å². The first-order chi connectivity index (χ1) is 11.2. The number of H-pyrrole nitrogens is 1. The lowest BCUT2D eigenvalue weighted by atomic mass is 10.2. The van der Waals surface area contributed by atoms with Gasteiger partial charge in [0.25, 0.3) is 0 Å². The smallest absolute Gasteiger partial charge is 0.223 e. The summed E-state index contributed by atoms with van der Waals surface area (Å²) in [6, 6.07) is 10.1. The number of carbonyl (C=O) groups excluding carboxylic acids is 1. The lowest BCUT2D eigenvalue weighted by molar-refractivity contribution is -0.122. The molecule has 2 N–H and O–H groups in total. The van der Waals surface area contributed by atoms with Gasteiger partial charge < -0.3 is 10.3 Å². The number of hydrogen-bond acceptors (Lipinski definition) is 3. The van der Waals surface area contributed by atoms with E-state index in [1.807, 2.05) is 24.3 Å². The van der Waals surface area contributed by atoms with Crippen LogP contribution in [0.2, 0.25) is 0 Å². The fourth-order valence-corrected chi connectivity index (χ4v) is 4.21. The van der Waals surface area contributed by atoms with Gasteiger partial charge in [0, 0.05) is 29.7 Å². The highest BCUT2D eigenvalue weighted by molar-refractivity contribution is 7.10. The van der Waals surface area contributed by atoms with Gasteiger partial charge in [-0.15, -0.1) is 11.3 Å². The van der Waals surface area contributed by atoms with Crippen LogP contribution in [0, 0.1) is 12.8 Å². The van der Waals surface area contributed by atoms with Gasteiger partial charge in [-0.05, 0) is 42.5 Å². The van der Waals surface area contributed by atoms with Crippen molar-refractivity contribution in [3.63, 3.8) is 0 Å². The maximum Gasteiger partial charge on any atom is 0.223 e. The standard InChI is InChI=1S/C18H19N3OS/c1-11-7-9-23-17(11)12-10-13(12)18(22)19-8-6-16-20-14-4-2-3-5-15(14)21-16/h2-5,7,9,12-13H,6,8,10H2,1H3,(H,19,22)(H,20,21)/t12-,13+/m1/s1. The van der Waals surface area contributed by atoms with Crippen LogP contribution in [0.3, 0.4) is 0 Å². The van der Waals surface area contributed by atoms with E-state index in [4.69, 9.17) is 0 Å². The number of aryl methyl sites for hydroxylation is 1.